The summed E-state index contributed by atoms with van der Waals surface area (Å²) in [7, 11) is 0. The highest BCUT2D eigenvalue weighted by atomic mass is 14.7. The standard InChI is InChI=1S/C5H8N2/c1-2-3-4-5(6)7/h1H,3-4H2,(H3,6,7). The predicted octanol–water partition coefficient (Wildman–Crippen LogP) is 0.336. The smallest absolute Gasteiger partial charge is 0.0914 e. The molecule has 0 aliphatic heterocycles. The molecule has 0 aromatic heterocycles. The first-order chi connectivity index (χ1) is 3.27. The van der Waals surface area contributed by atoms with Crippen LogP contribution in [-0.4, -0.2) is 5.84 Å². The van der Waals surface area contributed by atoms with E-state index >= 15 is 0 Å². The highest BCUT2D eigenvalue weighted by Crippen LogP contribution is 1.81. The Morgan fingerprint density at radius 3 is 2.57 bits per heavy atom. The van der Waals surface area contributed by atoms with Crippen LogP contribution in [0.15, 0.2) is 0 Å². The molecular formula is C5H8N2. The van der Waals surface area contributed by atoms with Gasteiger partial charge in [-0.2, -0.15) is 0 Å². The molecule has 7 heavy (non-hydrogen) atoms. The molecule has 0 fully saturated rings. The van der Waals surface area contributed by atoms with Gasteiger partial charge in [0.1, 0.15) is 0 Å². The van der Waals surface area contributed by atoms with Gasteiger partial charge in [-0.1, -0.05) is 0 Å². The van der Waals surface area contributed by atoms with Crippen LogP contribution < -0.4 is 5.73 Å². The second-order valence-corrected chi connectivity index (χ2v) is 1.23. The van der Waals surface area contributed by atoms with Gasteiger partial charge in [0.05, 0.1) is 5.84 Å². The number of hydrogen-bond acceptors (Lipinski definition) is 1. The molecule has 0 unspecified atom stereocenters. The minimum absolute atomic E-state index is 0.165. The lowest BCUT2D eigenvalue weighted by Crippen LogP contribution is -2.07. The van der Waals surface area contributed by atoms with Crippen molar-refractivity contribution in [2.24, 2.45) is 5.73 Å². The van der Waals surface area contributed by atoms with Gasteiger partial charge in [0.25, 0.3) is 0 Å². The highest BCUT2D eigenvalue weighted by Gasteiger charge is 1.81. The van der Waals surface area contributed by atoms with E-state index in [0.29, 0.717) is 12.8 Å². The molecule has 38 valence electrons. The molecule has 0 saturated carbocycles. The van der Waals surface area contributed by atoms with Crippen LogP contribution in [-0.2, 0) is 0 Å². The number of terminal acetylenes is 1. The molecule has 0 aromatic rings. The summed E-state index contributed by atoms with van der Waals surface area (Å²) in [5, 5.41) is 6.68. The first kappa shape index (κ1) is 6.03. The number of nitrogens with two attached hydrogens (primary N) is 1. The van der Waals surface area contributed by atoms with Gasteiger partial charge in [-0.3, -0.25) is 5.41 Å². The molecule has 0 aromatic carbocycles. The summed E-state index contributed by atoms with van der Waals surface area (Å²) in [5.74, 6) is 2.54. The minimum atomic E-state index is 0.165. The molecule has 0 radical (unpaired) electrons. The summed E-state index contributed by atoms with van der Waals surface area (Å²) < 4.78 is 0. The first-order valence-corrected chi connectivity index (χ1v) is 2.03. The second-order valence-electron chi connectivity index (χ2n) is 1.23. The van der Waals surface area contributed by atoms with Crippen LogP contribution in [0.1, 0.15) is 12.8 Å². The summed E-state index contributed by atoms with van der Waals surface area (Å²) in [6.45, 7) is 0. The number of rotatable bonds is 2. The first-order valence-electron chi connectivity index (χ1n) is 2.03. The van der Waals surface area contributed by atoms with Crippen LogP contribution in [0.25, 0.3) is 0 Å². The van der Waals surface area contributed by atoms with E-state index in [1.54, 1.807) is 0 Å². The van der Waals surface area contributed by atoms with Gasteiger partial charge in [-0.25, -0.2) is 0 Å². The summed E-state index contributed by atoms with van der Waals surface area (Å²) in [6, 6.07) is 0. The lowest BCUT2D eigenvalue weighted by atomic mass is 10.3. The topological polar surface area (TPSA) is 49.9 Å². The molecule has 2 heteroatoms. The van der Waals surface area contributed by atoms with Gasteiger partial charge < -0.3 is 5.73 Å². The van der Waals surface area contributed by atoms with Gasteiger partial charge in [0.2, 0.25) is 0 Å². The molecule has 0 heterocycles. The fourth-order valence-electron chi connectivity index (χ4n) is 0.207. The predicted molar refractivity (Wildman–Crippen MR) is 30.0 cm³/mol. The fourth-order valence-corrected chi connectivity index (χ4v) is 0.207. The Morgan fingerprint density at radius 1 is 1.86 bits per heavy atom. The number of hydrogen-bond donors (Lipinski definition) is 2. The van der Waals surface area contributed by atoms with Gasteiger partial charge in [-0.05, 0) is 0 Å². The maximum absolute atomic E-state index is 6.68. The lowest BCUT2D eigenvalue weighted by molar-refractivity contribution is 1.10. The Bertz CT molecular complexity index is 99.1. The van der Waals surface area contributed by atoms with Crippen molar-refractivity contribution in [3.8, 4) is 12.3 Å². The molecule has 0 spiro atoms. The molecule has 0 aliphatic rings. The van der Waals surface area contributed by atoms with E-state index in [2.05, 4.69) is 5.92 Å². The van der Waals surface area contributed by atoms with Gasteiger partial charge in [0.15, 0.2) is 0 Å². The van der Waals surface area contributed by atoms with Crippen molar-refractivity contribution in [1.82, 2.24) is 0 Å². The average Bonchev–Trinajstić information content (AvgIpc) is 1.61. The van der Waals surface area contributed by atoms with E-state index in [-0.39, 0.29) is 5.84 Å². The molecule has 0 bridgehead atoms. The van der Waals surface area contributed by atoms with Crippen molar-refractivity contribution >= 4 is 5.84 Å². The van der Waals surface area contributed by atoms with Crippen LogP contribution in [0.4, 0.5) is 0 Å². The van der Waals surface area contributed by atoms with Crippen LogP contribution >= 0.6 is 0 Å². The Hall–Kier alpha value is -0.970. The number of amidine groups is 1. The molecule has 2 nitrogen and oxygen atoms in total. The van der Waals surface area contributed by atoms with E-state index in [1.807, 2.05) is 0 Å². The van der Waals surface area contributed by atoms with Crippen molar-refractivity contribution in [2.45, 2.75) is 12.8 Å². The third-order valence-electron chi connectivity index (χ3n) is 0.539. The van der Waals surface area contributed by atoms with Crippen molar-refractivity contribution in [2.75, 3.05) is 0 Å². The van der Waals surface area contributed by atoms with Crippen LogP contribution in [0.2, 0.25) is 0 Å². The fraction of sp³-hybridized carbons (Fsp3) is 0.400. The van der Waals surface area contributed by atoms with Crippen molar-refractivity contribution in [3.63, 3.8) is 0 Å². The summed E-state index contributed by atoms with van der Waals surface area (Å²) >= 11 is 0. The molecule has 3 N–H and O–H groups in total. The Morgan fingerprint density at radius 2 is 2.43 bits per heavy atom. The summed E-state index contributed by atoms with van der Waals surface area (Å²) in [5.41, 5.74) is 4.97. The zero-order valence-electron chi connectivity index (χ0n) is 4.07. The van der Waals surface area contributed by atoms with E-state index in [9.17, 15) is 0 Å². The molecule has 0 amide bonds. The van der Waals surface area contributed by atoms with Crippen LogP contribution in [0, 0.1) is 17.8 Å². The Balaban J connectivity index is 3.02. The SMILES string of the molecule is C#CCCC(=N)N. The van der Waals surface area contributed by atoms with Crippen molar-refractivity contribution in [1.29, 1.82) is 5.41 Å². The van der Waals surface area contributed by atoms with E-state index in [1.165, 1.54) is 0 Å². The molecule has 0 rings (SSSR count). The van der Waals surface area contributed by atoms with E-state index in [4.69, 9.17) is 17.6 Å². The molecule has 0 aliphatic carbocycles. The lowest BCUT2D eigenvalue weighted by Gasteiger charge is -1.85. The van der Waals surface area contributed by atoms with E-state index in [0.717, 1.165) is 0 Å². The zero-order chi connectivity index (χ0) is 5.70. The second kappa shape index (κ2) is 3.23. The quantitative estimate of drug-likeness (QED) is 0.290. The maximum Gasteiger partial charge on any atom is 0.0914 e. The highest BCUT2D eigenvalue weighted by molar-refractivity contribution is 5.76. The third-order valence-corrected chi connectivity index (χ3v) is 0.539. The average molecular weight is 96.1 g/mol. The van der Waals surface area contributed by atoms with Gasteiger partial charge >= 0.3 is 0 Å². The Labute approximate surface area is 43.2 Å². The van der Waals surface area contributed by atoms with Crippen LogP contribution in [0.3, 0.4) is 0 Å². The summed E-state index contributed by atoms with van der Waals surface area (Å²) in [4.78, 5) is 0. The van der Waals surface area contributed by atoms with E-state index < -0.39 is 0 Å². The third kappa shape index (κ3) is 5.03. The van der Waals surface area contributed by atoms with Gasteiger partial charge in [-0.15, -0.1) is 12.3 Å². The zero-order valence-corrected chi connectivity index (χ0v) is 4.07. The maximum atomic E-state index is 6.68. The van der Waals surface area contributed by atoms with Crippen molar-refractivity contribution < 1.29 is 0 Å². The normalized spacial score (nSPS) is 7.29. The largest absolute Gasteiger partial charge is 0.388 e. The molecule has 0 saturated heterocycles. The molecular weight excluding hydrogens is 88.1 g/mol. The van der Waals surface area contributed by atoms with Gasteiger partial charge in [0, 0.05) is 12.8 Å². The molecule has 0 atom stereocenters. The minimum Gasteiger partial charge on any atom is -0.388 e. The van der Waals surface area contributed by atoms with Crippen molar-refractivity contribution in [3.05, 3.63) is 0 Å². The Kier molecular flexibility index (Phi) is 2.78. The monoisotopic (exact) mass is 96.1 g/mol. The number of nitrogens with one attached hydrogen (secondary N) is 1. The van der Waals surface area contributed by atoms with Crippen LogP contribution in [0.5, 0.6) is 0 Å². The summed E-state index contributed by atoms with van der Waals surface area (Å²) in [6.07, 6.45) is 5.98.